The van der Waals surface area contributed by atoms with E-state index >= 15 is 0 Å². The van der Waals surface area contributed by atoms with Crippen molar-refractivity contribution in [2.45, 2.75) is 13.5 Å². The molecule has 0 saturated heterocycles. The summed E-state index contributed by atoms with van der Waals surface area (Å²) in [5.41, 5.74) is 4.25. The molecule has 0 aliphatic rings. The minimum Gasteiger partial charge on any atom is -0.365 e. The molecule has 9 nitrogen and oxygen atoms in total. The van der Waals surface area contributed by atoms with Gasteiger partial charge in [0.05, 0.1) is 11.1 Å². The number of pyridine rings is 1. The van der Waals surface area contributed by atoms with Crippen molar-refractivity contribution in [2.24, 2.45) is 5.73 Å². The molecule has 1 aromatic heterocycles. The molecule has 0 fully saturated rings. The Morgan fingerprint density at radius 3 is 2.60 bits per heavy atom. The fraction of sp³-hybridized carbons (Fsp3) is 0.133. The average molecular weight is 365 g/mol. The van der Waals surface area contributed by atoms with Crippen LogP contribution in [0.4, 0.5) is 11.4 Å². The minimum absolute atomic E-state index is 0.475. The number of nitro groups is 1. The van der Waals surface area contributed by atoms with Crippen LogP contribution in [0.15, 0.2) is 35.3 Å². The highest BCUT2D eigenvalue weighted by molar-refractivity contribution is 6.30. The summed E-state index contributed by atoms with van der Waals surface area (Å²) in [4.78, 5) is 45.7. The second-order valence-corrected chi connectivity index (χ2v) is 5.61. The summed E-state index contributed by atoms with van der Waals surface area (Å²) in [7, 11) is 0. The number of nitrogens with zero attached hydrogens (tertiary/aromatic N) is 2. The molecule has 0 bridgehead atoms. The number of carbonyl (C=O) groups excluding carboxylic acids is 2. The highest BCUT2D eigenvalue weighted by Crippen LogP contribution is 2.19. The van der Waals surface area contributed by atoms with Gasteiger partial charge in [-0.1, -0.05) is 11.6 Å². The van der Waals surface area contributed by atoms with Crippen LogP contribution in [0.3, 0.4) is 0 Å². The third-order valence-corrected chi connectivity index (χ3v) is 3.56. The van der Waals surface area contributed by atoms with Crippen LogP contribution in [0.25, 0.3) is 0 Å². The molecule has 0 unspecified atom stereocenters. The molecule has 2 rings (SSSR count). The van der Waals surface area contributed by atoms with Crippen molar-refractivity contribution in [2.75, 3.05) is 5.32 Å². The maximum Gasteiger partial charge on any atom is 0.286 e. The first-order chi connectivity index (χ1) is 11.7. The molecule has 0 aliphatic carbocycles. The lowest BCUT2D eigenvalue weighted by Gasteiger charge is -2.10. The van der Waals surface area contributed by atoms with Gasteiger partial charge >= 0.3 is 0 Å². The van der Waals surface area contributed by atoms with E-state index in [1.54, 1.807) is 25.1 Å². The Balaban J connectivity index is 2.32. The number of amides is 2. The van der Waals surface area contributed by atoms with Gasteiger partial charge in [0.25, 0.3) is 17.2 Å². The second-order valence-electron chi connectivity index (χ2n) is 5.17. The monoisotopic (exact) mass is 364 g/mol. The first-order valence-corrected chi connectivity index (χ1v) is 7.31. The largest absolute Gasteiger partial charge is 0.365 e. The normalized spacial score (nSPS) is 10.3. The second kappa shape index (κ2) is 7.14. The summed E-state index contributed by atoms with van der Waals surface area (Å²) in [6.07, 6.45) is 0.878. The molecule has 0 aliphatic heterocycles. The van der Waals surface area contributed by atoms with Crippen LogP contribution in [0.1, 0.15) is 15.9 Å². The van der Waals surface area contributed by atoms with Crippen molar-refractivity contribution >= 4 is 34.8 Å². The molecule has 2 amide bonds. The Morgan fingerprint density at radius 1 is 1.36 bits per heavy atom. The Morgan fingerprint density at radius 2 is 2.04 bits per heavy atom. The molecule has 0 spiro atoms. The maximum atomic E-state index is 12.1. The van der Waals surface area contributed by atoms with E-state index in [0.29, 0.717) is 16.3 Å². The number of hydrogen-bond acceptors (Lipinski definition) is 5. The molecule has 0 saturated carbocycles. The van der Waals surface area contributed by atoms with Crippen LogP contribution in [0.5, 0.6) is 0 Å². The smallest absolute Gasteiger partial charge is 0.286 e. The van der Waals surface area contributed by atoms with Crippen molar-refractivity contribution in [1.82, 2.24) is 4.57 Å². The fourth-order valence-corrected chi connectivity index (χ4v) is 2.35. The van der Waals surface area contributed by atoms with Gasteiger partial charge in [0, 0.05) is 16.8 Å². The highest BCUT2D eigenvalue weighted by Gasteiger charge is 2.18. The lowest BCUT2D eigenvalue weighted by Crippen LogP contribution is -2.33. The highest BCUT2D eigenvalue weighted by atomic mass is 35.5. The summed E-state index contributed by atoms with van der Waals surface area (Å²) in [6.45, 7) is 1.20. The van der Waals surface area contributed by atoms with Gasteiger partial charge in [-0.05, 0) is 30.7 Å². The van der Waals surface area contributed by atoms with Crippen molar-refractivity contribution < 1.29 is 14.5 Å². The molecule has 25 heavy (non-hydrogen) atoms. The van der Waals surface area contributed by atoms with Gasteiger partial charge < -0.3 is 11.1 Å². The topological polar surface area (TPSA) is 137 Å². The Bertz CT molecular complexity index is 938. The predicted octanol–water partition coefficient (Wildman–Crippen LogP) is 1.46. The van der Waals surface area contributed by atoms with E-state index in [0.717, 1.165) is 16.8 Å². The number of primary amides is 1. The van der Waals surface area contributed by atoms with Gasteiger partial charge in [-0.25, -0.2) is 0 Å². The van der Waals surface area contributed by atoms with Gasteiger partial charge in [0.15, 0.2) is 0 Å². The van der Waals surface area contributed by atoms with Gasteiger partial charge in [-0.2, -0.15) is 0 Å². The van der Waals surface area contributed by atoms with Crippen molar-refractivity contribution in [3.8, 4) is 0 Å². The molecular formula is C15H13ClN4O5. The Labute approximate surface area is 146 Å². The van der Waals surface area contributed by atoms with Gasteiger partial charge in [-0.15, -0.1) is 0 Å². The van der Waals surface area contributed by atoms with E-state index in [-0.39, 0.29) is 0 Å². The number of carbonyl (C=O) groups is 2. The molecule has 1 heterocycles. The van der Waals surface area contributed by atoms with Crippen LogP contribution in [-0.4, -0.2) is 21.3 Å². The number of anilines is 1. The molecular weight excluding hydrogens is 352 g/mol. The van der Waals surface area contributed by atoms with E-state index in [1.165, 1.54) is 0 Å². The van der Waals surface area contributed by atoms with Crippen molar-refractivity contribution in [3.05, 3.63) is 67.1 Å². The lowest BCUT2D eigenvalue weighted by atomic mass is 10.2. The third kappa shape index (κ3) is 4.21. The SMILES string of the molecule is Cc1cc(Cl)ccc1NC(=O)Cn1cc([N+](=O)[O-])cc(C(N)=O)c1=O. The van der Waals surface area contributed by atoms with E-state index in [4.69, 9.17) is 17.3 Å². The van der Waals surface area contributed by atoms with Gasteiger partial charge in [0.1, 0.15) is 12.1 Å². The number of hydrogen-bond donors (Lipinski definition) is 2. The zero-order valence-electron chi connectivity index (χ0n) is 13.0. The molecule has 10 heteroatoms. The molecule has 0 atom stereocenters. The number of halogens is 1. The van der Waals surface area contributed by atoms with Crippen LogP contribution in [-0.2, 0) is 11.3 Å². The number of rotatable bonds is 5. The zero-order chi connectivity index (χ0) is 18.7. The molecule has 1 aromatic carbocycles. The molecule has 130 valence electrons. The van der Waals surface area contributed by atoms with Crippen LogP contribution in [0, 0.1) is 17.0 Å². The average Bonchev–Trinajstić information content (AvgIpc) is 2.51. The summed E-state index contributed by atoms with van der Waals surface area (Å²) in [5, 5.41) is 14.0. The number of benzene rings is 1. The fourth-order valence-electron chi connectivity index (χ4n) is 2.13. The van der Waals surface area contributed by atoms with Crippen LogP contribution < -0.4 is 16.6 Å². The first-order valence-electron chi connectivity index (χ1n) is 6.93. The van der Waals surface area contributed by atoms with E-state index in [2.05, 4.69) is 5.32 Å². The Hall–Kier alpha value is -3.20. The van der Waals surface area contributed by atoms with Gasteiger partial charge in [-0.3, -0.25) is 29.1 Å². The number of aromatic nitrogens is 1. The number of nitrogens with one attached hydrogen (secondary N) is 1. The maximum absolute atomic E-state index is 12.1. The molecule has 2 aromatic rings. The van der Waals surface area contributed by atoms with E-state index < -0.39 is 40.1 Å². The molecule has 0 radical (unpaired) electrons. The lowest BCUT2D eigenvalue weighted by molar-refractivity contribution is -0.385. The van der Waals surface area contributed by atoms with Crippen LogP contribution in [0.2, 0.25) is 5.02 Å². The summed E-state index contributed by atoms with van der Waals surface area (Å²) >= 11 is 5.83. The molecule has 3 N–H and O–H groups in total. The van der Waals surface area contributed by atoms with Crippen molar-refractivity contribution in [3.63, 3.8) is 0 Å². The summed E-state index contributed by atoms with van der Waals surface area (Å²) in [5.74, 6) is -1.72. The van der Waals surface area contributed by atoms with E-state index in [9.17, 15) is 24.5 Å². The number of aryl methyl sites for hydroxylation is 1. The van der Waals surface area contributed by atoms with Crippen LogP contribution >= 0.6 is 11.6 Å². The Kier molecular flexibility index (Phi) is 5.18. The van der Waals surface area contributed by atoms with Crippen molar-refractivity contribution in [1.29, 1.82) is 0 Å². The van der Waals surface area contributed by atoms with Gasteiger partial charge in [0.2, 0.25) is 5.91 Å². The standard InChI is InChI=1S/C15H13ClN4O5/c1-8-4-9(16)2-3-12(8)18-13(21)7-19-6-10(20(24)25)5-11(14(17)22)15(19)23/h2-6H,7H2,1H3,(H2,17,22)(H,18,21). The predicted molar refractivity (Wildman–Crippen MR) is 90.7 cm³/mol. The quantitative estimate of drug-likeness (QED) is 0.611. The summed E-state index contributed by atoms with van der Waals surface area (Å²) < 4.78 is 0.763. The number of nitrogens with two attached hydrogens (primary N) is 1. The van der Waals surface area contributed by atoms with E-state index in [1.807, 2.05) is 0 Å². The first kappa shape index (κ1) is 18.1. The minimum atomic E-state index is -1.11. The zero-order valence-corrected chi connectivity index (χ0v) is 13.7. The summed E-state index contributed by atoms with van der Waals surface area (Å²) in [6, 6.07) is 5.58. The third-order valence-electron chi connectivity index (χ3n) is 3.32.